The zero-order valence-corrected chi connectivity index (χ0v) is 26.2. The molecule has 2 atom stereocenters. The van der Waals surface area contributed by atoms with Crippen LogP contribution in [0.4, 0.5) is 0 Å². The third-order valence-electron chi connectivity index (χ3n) is 6.39. The summed E-state index contributed by atoms with van der Waals surface area (Å²) in [5.74, 6) is -1.46. The maximum absolute atomic E-state index is 11.9. The van der Waals surface area contributed by atoms with Crippen LogP contribution < -0.4 is 5.11 Å². The summed E-state index contributed by atoms with van der Waals surface area (Å²) >= 11 is 0. The minimum absolute atomic E-state index is 0.0194. The van der Waals surface area contributed by atoms with Gasteiger partial charge in [-0.15, -0.1) is 0 Å². The highest BCUT2D eigenvalue weighted by Crippen LogP contribution is 2.08. The average molecular weight is 576 g/mol. The number of esters is 1. The number of hydrogen-bond acceptors (Lipinski definition) is 6. The maximum atomic E-state index is 11.9. The number of quaternary nitrogens is 1. The van der Waals surface area contributed by atoms with E-state index in [1.165, 1.54) is 25.7 Å². The Morgan fingerprint density at radius 2 is 1.24 bits per heavy atom. The first-order chi connectivity index (χ1) is 19.7. The van der Waals surface area contributed by atoms with Crippen molar-refractivity contribution < 1.29 is 33.8 Å². The number of carbonyl (C=O) groups is 2. The molecule has 0 aromatic carbocycles. The molecule has 41 heavy (non-hydrogen) atoms. The number of hydrogen-bond donors (Lipinski definition) is 1. The molecule has 7 nitrogen and oxygen atoms in total. The molecule has 0 bridgehead atoms. The Labute approximate surface area is 249 Å². The molecule has 2 unspecified atom stereocenters. The van der Waals surface area contributed by atoms with Crippen molar-refractivity contribution >= 4 is 11.9 Å². The minimum atomic E-state index is -1.13. The lowest BCUT2D eigenvalue weighted by atomic mass is 10.1. The van der Waals surface area contributed by atoms with Gasteiger partial charge in [-0.05, 0) is 57.8 Å². The first-order valence-electron chi connectivity index (χ1n) is 15.4. The molecular formula is C34H57NO6. The second-order valence-electron chi connectivity index (χ2n) is 11.2. The van der Waals surface area contributed by atoms with Crippen LogP contribution in [-0.4, -0.2) is 74.6 Å². The molecule has 7 heteroatoms. The highest BCUT2D eigenvalue weighted by Gasteiger charge is 2.24. The van der Waals surface area contributed by atoms with E-state index in [1.54, 1.807) is 21.1 Å². The van der Waals surface area contributed by atoms with E-state index >= 15 is 0 Å². The fraction of sp³-hybridized carbons (Fsp3) is 0.647. The molecule has 0 aromatic heterocycles. The molecule has 0 heterocycles. The number of carboxylic acids is 1. The molecule has 0 fully saturated rings. The third kappa shape index (κ3) is 26.2. The summed E-state index contributed by atoms with van der Waals surface area (Å²) in [7, 11) is 5.33. The molecule has 0 saturated carbocycles. The van der Waals surface area contributed by atoms with Crippen LogP contribution in [0.25, 0.3) is 0 Å². The fourth-order valence-corrected chi connectivity index (χ4v) is 3.91. The van der Waals surface area contributed by atoms with Crippen LogP contribution in [0.2, 0.25) is 0 Å². The van der Waals surface area contributed by atoms with Crippen LogP contribution in [0.1, 0.15) is 90.4 Å². The quantitative estimate of drug-likeness (QED) is 0.0624. The zero-order valence-electron chi connectivity index (χ0n) is 26.2. The van der Waals surface area contributed by atoms with E-state index in [1.807, 2.05) is 0 Å². The van der Waals surface area contributed by atoms with Crippen molar-refractivity contribution in [1.82, 2.24) is 0 Å². The van der Waals surface area contributed by atoms with Gasteiger partial charge in [0.1, 0.15) is 18.8 Å². The first-order valence-corrected chi connectivity index (χ1v) is 15.4. The summed E-state index contributed by atoms with van der Waals surface area (Å²) in [6.45, 7) is 2.26. The topological polar surface area (TPSA) is 95.9 Å². The van der Waals surface area contributed by atoms with Crippen LogP contribution in [0.15, 0.2) is 60.8 Å². The molecular weight excluding hydrogens is 518 g/mol. The smallest absolute Gasteiger partial charge is 0.305 e. The van der Waals surface area contributed by atoms with Crippen LogP contribution in [0, 0.1) is 0 Å². The third-order valence-corrected chi connectivity index (χ3v) is 6.39. The van der Waals surface area contributed by atoms with E-state index in [2.05, 4.69) is 67.7 Å². The molecule has 0 spiro atoms. The predicted octanol–water partition coefficient (Wildman–Crippen LogP) is 5.60. The summed E-state index contributed by atoms with van der Waals surface area (Å²) in [6, 6.07) is -0.695. The van der Waals surface area contributed by atoms with Gasteiger partial charge in [0.25, 0.3) is 0 Å². The number of carboxylic acid groups (broad SMARTS) is 1. The number of nitrogens with zero attached hydrogens (tertiary/aromatic N) is 1. The number of rotatable bonds is 26. The molecule has 0 aliphatic rings. The summed E-state index contributed by atoms with van der Waals surface area (Å²) < 4.78 is 10.7. The van der Waals surface area contributed by atoms with Crippen molar-refractivity contribution in [2.24, 2.45) is 0 Å². The SMILES string of the molecule is CCCCC/C=C/C/C=C/C/C=C/C/C=C/C/C=C/CCCCC(=O)OCC(O)COCCC(C(=O)[O-])[N+](C)(C)C. The Morgan fingerprint density at radius 3 is 1.71 bits per heavy atom. The van der Waals surface area contributed by atoms with Gasteiger partial charge in [-0.25, -0.2) is 0 Å². The summed E-state index contributed by atoms with van der Waals surface area (Å²) in [4.78, 5) is 23.1. The number of aliphatic carboxylic acids is 1. The van der Waals surface area contributed by atoms with Gasteiger partial charge in [0.15, 0.2) is 0 Å². The van der Waals surface area contributed by atoms with Crippen molar-refractivity contribution in [2.45, 2.75) is 103 Å². The van der Waals surface area contributed by atoms with Gasteiger partial charge < -0.3 is 29.0 Å². The molecule has 234 valence electrons. The molecule has 0 rings (SSSR count). The lowest BCUT2D eigenvalue weighted by molar-refractivity contribution is -0.889. The summed E-state index contributed by atoms with van der Waals surface area (Å²) in [5, 5.41) is 21.2. The van der Waals surface area contributed by atoms with Crippen LogP contribution in [0.3, 0.4) is 0 Å². The van der Waals surface area contributed by atoms with Crippen molar-refractivity contribution in [3.63, 3.8) is 0 Å². The first kappa shape index (κ1) is 38.5. The molecule has 0 amide bonds. The van der Waals surface area contributed by atoms with Crippen LogP contribution in [-0.2, 0) is 19.1 Å². The Balaban J connectivity index is 3.69. The monoisotopic (exact) mass is 575 g/mol. The Bertz CT molecular complexity index is 807. The normalized spacial score (nSPS) is 14.3. The predicted molar refractivity (Wildman–Crippen MR) is 166 cm³/mol. The van der Waals surface area contributed by atoms with Crippen molar-refractivity contribution in [1.29, 1.82) is 0 Å². The number of likely N-dealkylation sites (N-methyl/N-ethyl adjacent to an activating group) is 1. The van der Waals surface area contributed by atoms with Crippen molar-refractivity contribution in [3.05, 3.63) is 60.8 Å². The largest absolute Gasteiger partial charge is 0.544 e. The highest BCUT2D eigenvalue weighted by molar-refractivity contribution is 5.69. The number of aliphatic hydroxyl groups is 1. The van der Waals surface area contributed by atoms with E-state index in [9.17, 15) is 19.8 Å². The molecule has 0 aliphatic heterocycles. The lowest BCUT2D eigenvalue weighted by Gasteiger charge is -2.34. The van der Waals surface area contributed by atoms with Gasteiger partial charge in [0.05, 0.1) is 40.3 Å². The number of unbranched alkanes of at least 4 members (excludes halogenated alkanes) is 5. The standard InChI is InChI=1S/C34H57NO6/c1-5-6-7-8-9-10-11-12-13-14-15-16-17-18-19-20-21-22-23-24-25-26-33(37)41-30-31(36)29-40-28-27-32(34(38)39)35(2,3)4/h9-10,12-13,15-16,18-19,21-22,31-32,36H,5-8,11,14,17,20,23-30H2,1-4H3/b10-9+,13-12+,16-15+,19-18+,22-21+. The van der Waals surface area contributed by atoms with Gasteiger partial charge in [-0.1, -0.05) is 80.5 Å². The van der Waals surface area contributed by atoms with Gasteiger partial charge in [0, 0.05) is 12.8 Å². The van der Waals surface area contributed by atoms with Gasteiger partial charge >= 0.3 is 5.97 Å². The van der Waals surface area contributed by atoms with Crippen LogP contribution in [0.5, 0.6) is 0 Å². The number of aliphatic hydroxyl groups excluding tert-OH is 1. The molecule has 0 aromatic rings. The van der Waals surface area contributed by atoms with Crippen LogP contribution >= 0.6 is 0 Å². The summed E-state index contributed by atoms with van der Waals surface area (Å²) in [5.41, 5.74) is 0. The minimum Gasteiger partial charge on any atom is -0.544 e. The van der Waals surface area contributed by atoms with Crippen molar-refractivity contribution in [3.8, 4) is 0 Å². The lowest BCUT2D eigenvalue weighted by Crippen LogP contribution is -2.55. The van der Waals surface area contributed by atoms with E-state index in [0.717, 1.165) is 44.9 Å². The number of ether oxygens (including phenoxy) is 2. The highest BCUT2D eigenvalue weighted by atomic mass is 16.5. The van der Waals surface area contributed by atoms with E-state index in [0.29, 0.717) is 6.42 Å². The number of allylic oxidation sites excluding steroid dienone is 10. The molecule has 0 saturated heterocycles. The Morgan fingerprint density at radius 1 is 0.756 bits per heavy atom. The van der Waals surface area contributed by atoms with Gasteiger partial charge in [0.2, 0.25) is 0 Å². The second-order valence-corrected chi connectivity index (χ2v) is 11.2. The van der Waals surface area contributed by atoms with Gasteiger partial charge in [-0.2, -0.15) is 0 Å². The maximum Gasteiger partial charge on any atom is 0.305 e. The molecule has 1 N–H and O–H groups in total. The van der Waals surface area contributed by atoms with E-state index in [4.69, 9.17) is 9.47 Å². The number of carbonyl (C=O) groups excluding carboxylic acids is 2. The Hall–Kier alpha value is -2.48. The van der Waals surface area contributed by atoms with Crippen molar-refractivity contribution in [2.75, 3.05) is 41.0 Å². The average Bonchev–Trinajstić information content (AvgIpc) is 2.91. The van der Waals surface area contributed by atoms with E-state index in [-0.39, 0.29) is 36.7 Å². The van der Waals surface area contributed by atoms with Gasteiger partial charge in [-0.3, -0.25) is 4.79 Å². The molecule has 0 radical (unpaired) electrons. The Kier molecular flexibility index (Phi) is 24.8. The zero-order chi connectivity index (χ0) is 30.6. The summed E-state index contributed by atoms with van der Waals surface area (Å²) in [6.07, 6.45) is 33.1. The second kappa shape index (κ2) is 26.4. The molecule has 0 aliphatic carbocycles. The van der Waals surface area contributed by atoms with E-state index < -0.39 is 18.1 Å². The fourth-order valence-electron chi connectivity index (χ4n) is 3.91.